The van der Waals surface area contributed by atoms with Gasteiger partial charge in [-0.05, 0) is 124 Å². The Morgan fingerprint density at radius 2 is 1.06 bits per heavy atom. The van der Waals surface area contributed by atoms with Crippen molar-refractivity contribution < 1.29 is 19.0 Å². The van der Waals surface area contributed by atoms with Crippen LogP contribution in [0.25, 0.3) is 88.6 Å². The summed E-state index contributed by atoms with van der Waals surface area (Å²) < 4.78 is 16.7. The molecule has 1 amide bonds. The number of alkyl carbamates (subject to hydrolysis) is 1. The number of ether oxygens (including phenoxy) is 3. The Labute approximate surface area is 387 Å². The van der Waals surface area contributed by atoms with Crippen LogP contribution in [0.4, 0.5) is 4.79 Å². The highest BCUT2D eigenvalue weighted by Gasteiger charge is 2.16. The molecule has 8 aromatic heterocycles. The smallest absolute Gasteiger partial charge is 0.407 e. The fourth-order valence-electron chi connectivity index (χ4n) is 7.54. The third kappa shape index (κ3) is 10.7. The Morgan fingerprint density at radius 1 is 0.567 bits per heavy atom. The van der Waals surface area contributed by atoms with Crippen molar-refractivity contribution in [3.05, 3.63) is 147 Å². The van der Waals surface area contributed by atoms with E-state index in [1.54, 1.807) is 12.4 Å². The van der Waals surface area contributed by atoms with E-state index in [1.807, 2.05) is 119 Å². The van der Waals surface area contributed by atoms with Gasteiger partial charge in [-0.3, -0.25) is 19.9 Å². The van der Waals surface area contributed by atoms with Gasteiger partial charge in [0.15, 0.2) is 0 Å². The molecular formula is C53H50N10O4. The van der Waals surface area contributed by atoms with Crippen molar-refractivity contribution in [2.75, 3.05) is 26.3 Å². The molecule has 8 heterocycles. The highest BCUT2D eigenvalue weighted by molar-refractivity contribution is 6.08. The van der Waals surface area contributed by atoms with Gasteiger partial charge in [-0.25, -0.2) is 14.8 Å². The van der Waals surface area contributed by atoms with Crippen LogP contribution in [0.5, 0.6) is 11.5 Å². The molecule has 2 aromatic carbocycles. The number of rotatable bonds is 13. The molecule has 5 N–H and O–H groups in total. The number of nitrogens with two attached hydrogens (primary N) is 1. The first-order valence-corrected chi connectivity index (χ1v) is 22.2. The van der Waals surface area contributed by atoms with Crippen LogP contribution in [0.1, 0.15) is 33.6 Å². The minimum absolute atomic E-state index is 0.415. The molecule has 0 fully saturated rings. The van der Waals surface area contributed by atoms with Crippen LogP contribution in [0.3, 0.4) is 0 Å². The average Bonchev–Trinajstić information content (AvgIpc) is 3.91. The van der Waals surface area contributed by atoms with E-state index in [4.69, 9.17) is 19.9 Å². The standard InChI is InChI=1S/C29H29N5O3.C24H21N5O/c1-29(2,3)37-28(35)31-12-5-13-36-22-9-7-19(8-10-22)21-14-24-23-15-25(20-6-4-11-30-16-20)32-18-26(23)34-27(24)33-17-21;25-8-2-10-30-19-6-4-16(5-7-19)18-11-21-20-12-22(17-3-1-9-26-13-17)27-15-23(20)29-24(21)28-14-18/h4,6-11,14-18H,5,12-13H2,1-3H3,(H,31,35)(H,33,34);1,3-7,9,11-15H,2,8,10,25H2,(H,28,29). The van der Waals surface area contributed by atoms with Gasteiger partial charge >= 0.3 is 6.09 Å². The van der Waals surface area contributed by atoms with E-state index in [-0.39, 0.29) is 0 Å². The van der Waals surface area contributed by atoms with Gasteiger partial charge in [0.1, 0.15) is 28.4 Å². The molecule has 14 heteroatoms. The lowest BCUT2D eigenvalue weighted by Gasteiger charge is -2.19. The Bertz CT molecular complexity index is 3260. The number of nitrogens with zero attached hydrogens (tertiary/aromatic N) is 6. The van der Waals surface area contributed by atoms with Crippen molar-refractivity contribution in [3.8, 4) is 56.3 Å². The number of aromatic amines is 2. The first kappa shape index (κ1) is 44.0. The van der Waals surface area contributed by atoms with Gasteiger partial charge in [-0.2, -0.15) is 0 Å². The Hall–Kier alpha value is -8.23. The third-order valence-electron chi connectivity index (χ3n) is 10.8. The lowest BCUT2D eigenvalue weighted by atomic mass is 10.1. The molecule has 0 atom stereocenters. The highest BCUT2D eigenvalue weighted by atomic mass is 16.6. The molecule has 0 radical (unpaired) electrons. The van der Waals surface area contributed by atoms with Gasteiger partial charge in [0.25, 0.3) is 0 Å². The molecule has 0 aliphatic heterocycles. The monoisotopic (exact) mass is 890 g/mol. The topological polar surface area (TPSA) is 192 Å². The second-order valence-corrected chi connectivity index (χ2v) is 16.9. The van der Waals surface area contributed by atoms with E-state index in [9.17, 15) is 4.79 Å². The summed E-state index contributed by atoms with van der Waals surface area (Å²) in [6, 6.07) is 32.3. The van der Waals surface area contributed by atoms with E-state index < -0.39 is 11.7 Å². The van der Waals surface area contributed by atoms with Crippen molar-refractivity contribution in [1.29, 1.82) is 0 Å². The summed E-state index contributed by atoms with van der Waals surface area (Å²) in [5, 5.41) is 7.00. The van der Waals surface area contributed by atoms with Gasteiger partial charge in [0.2, 0.25) is 0 Å². The lowest BCUT2D eigenvalue weighted by molar-refractivity contribution is 0.0525. The second kappa shape index (κ2) is 19.9. The number of fused-ring (bicyclic) bond motifs is 6. The van der Waals surface area contributed by atoms with Crippen molar-refractivity contribution in [3.63, 3.8) is 0 Å². The Balaban J connectivity index is 0.000000171. The largest absolute Gasteiger partial charge is 0.494 e. The Morgan fingerprint density at radius 3 is 1.51 bits per heavy atom. The summed E-state index contributed by atoms with van der Waals surface area (Å²) in [6.45, 7) is 7.76. The van der Waals surface area contributed by atoms with E-state index in [2.05, 4.69) is 81.6 Å². The van der Waals surface area contributed by atoms with E-state index in [0.717, 1.165) is 107 Å². The maximum Gasteiger partial charge on any atom is 0.407 e. The number of hydrogen-bond acceptors (Lipinski definition) is 11. The average molecular weight is 891 g/mol. The highest BCUT2D eigenvalue weighted by Crippen LogP contribution is 2.33. The molecule has 0 saturated heterocycles. The van der Waals surface area contributed by atoms with Crippen LogP contribution in [-0.2, 0) is 4.74 Å². The number of pyridine rings is 6. The summed E-state index contributed by atoms with van der Waals surface area (Å²) >= 11 is 0. The predicted molar refractivity (Wildman–Crippen MR) is 264 cm³/mol. The van der Waals surface area contributed by atoms with Gasteiger partial charge in [-0.1, -0.05) is 24.3 Å². The van der Waals surface area contributed by atoms with Gasteiger partial charge in [-0.15, -0.1) is 0 Å². The molecule has 10 aromatic rings. The maximum absolute atomic E-state index is 11.7. The molecule has 10 rings (SSSR count). The number of carbonyl (C=O) groups excluding carboxylic acids is 1. The van der Waals surface area contributed by atoms with Crippen molar-refractivity contribution >= 4 is 50.0 Å². The number of nitrogens with one attached hydrogen (secondary N) is 3. The van der Waals surface area contributed by atoms with E-state index >= 15 is 0 Å². The molecule has 0 aliphatic rings. The molecule has 14 nitrogen and oxygen atoms in total. The first-order valence-electron chi connectivity index (χ1n) is 22.2. The Kier molecular flexibility index (Phi) is 13.1. The zero-order chi connectivity index (χ0) is 46.2. The summed E-state index contributed by atoms with van der Waals surface area (Å²) in [5.74, 6) is 1.62. The summed E-state index contributed by atoms with van der Waals surface area (Å²) in [5.41, 5.74) is 16.5. The summed E-state index contributed by atoms with van der Waals surface area (Å²) in [4.78, 5) is 45.3. The fraction of sp³-hybridized carbons (Fsp3) is 0.189. The quantitative estimate of drug-likeness (QED) is 0.0805. The first-order chi connectivity index (χ1) is 32.7. The molecular weight excluding hydrogens is 841 g/mol. The van der Waals surface area contributed by atoms with Crippen LogP contribution in [0.2, 0.25) is 0 Å². The van der Waals surface area contributed by atoms with E-state index in [1.165, 1.54) is 0 Å². The number of aromatic nitrogens is 8. The van der Waals surface area contributed by atoms with Gasteiger partial charge in [0, 0.05) is 87.5 Å². The third-order valence-corrected chi connectivity index (χ3v) is 10.8. The van der Waals surface area contributed by atoms with Crippen LogP contribution in [0.15, 0.2) is 147 Å². The number of amides is 1. The van der Waals surface area contributed by atoms with Crippen LogP contribution in [-0.4, -0.2) is 77.9 Å². The van der Waals surface area contributed by atoms with Crippen molar-refractivity contribution in [2.24, 2.45) is 5.73 Å². The molecule has 0 unspecified atom stereocenters. The minimum atomic E-state index is -0.503. The van der Waals surface area contributed by atoms with Crippen LogP contribution < -0.4 is 20.5 Å². The molecule has 0 aliphatic carbocycles. The zero-order valence-electron chi connectivity index (χ0n) is 37.5. The number of benzene rings is 2. The predicted octanol–water partition coefficient (Wildman–Crippen LogP) is 10.7. The van der Waals surface area contributed by atoms with E-state index in [0.29, 0.717) is 32.7 Å². The second-order valence-electron chi connectivity index (χ2n) is 16.9. The van der Waals surface area contributed by atoms with Crippen molar-refractivity contribution in [2.45, 2.75) is 39.2 Å². The van der Waals surface area contributed by atoms with Crippen molar-refractivity contribution in [1.82, 2.24) is 45.2 Å². The van der Waals surface area contributed by atoms with Gasteiger partial charge < -0.3 is 35.2 Å². The molecule has 0 bridgehead atoms. The summed E-state index contributed by atoms with van der Waals surface area (Å²) in [7, 11) is 0. The van der Waals surface area contributed by atoms with Crippen LogP contribution in [0, 0.1) is 0 Å². The summed E-state index contributed by atoms with van der Waals surface area (Å²) in [6.07, 6.45) is 15.7. The fourth-order valence-corrected chi connectivity index (χ4v) is 7.54. The zero-order valence-corrected chi connectivity index (χ0v) is 37.5. The minimum Gasteiger partial charge on any atom is -0.494 e. The molecule has 0 saturated carbocycles. The maximum atomic E-state index is 11.7. The van der Waals surface area contributed by atoms with Gasteiger partial charge in [0.05, 0.1) is 48.0 Å². The molecule has 336 valence electrons. The molecule has 0 spiro atoms. The normalized spacial score (nSPS) is 11.4. The molecule has 67 heavy (non-hydrogen) atoms. The number of H-pyrrole nitrogens is 2. The lowest BCUT2D eigenvalue weighted by Crippen LogP contribution is -2.33. The number of carbonyl (C=O) groups is 1. The SMILES string of the molecule is CC(C)(C)OC(=O)NCCCOc1ccc(-c2cnc3[nH]c4cnc(-c5cccnc5)cc4c3c2)cc1.NCCCOc1ccc(-c2cnc3[nH]c4cnc(-c5cccnc5)cc4c3c2)cc1. The number of hydrogen-bond donors (Lipinski definition) is 4. The van der Waals surface area contributed by atoms with Crippen LogP contribution >= 0.6 is 0 Å².